The maximum Gasteiger partial charge on any atom is 0.155 e. The van der Waals surface area contributed by atoms with Gasteiger partial charge in [0.1, 0.15) is 0 Å². The van der Waals surface area contributed by atoms with Gasteiger partial charge in [-0.3, -0.25) is 4.79 Å². The van der Waals surface area contributed by atoms with Gasteiger partial charge in [0, 0.05) is 6.42 Å². The Kier molecular flexibility index (Phi) is 3.21. The van der Waals surface area contributed by atoms with Crippen molar-refractivity contribution in [3.8, 4) is 0 Å². The second-order valence-electron chi connectivity index (χ2n) is 8.44. The highest BCUT2D eigenvalue weighted by atomic mass is 16.3. The van der Waals surface area contributed by atoms with E-state index in [1.165, 1.54) is 19.3 Å². The molecule has 3 fully saturated rings. The van der Waals surface area contributed by atoms with E-state index in [4.69, 9.17) is 0 Å². The third-order valence-corrected chi connectivity index (χ3v) is 7.80. The molecule has 0 spiro atoms. The van der Waals surface area contributed by atoms with Crippen molar-refractivity contribution in [3.05, 3.63) is 24.3 Å². The molecule has 0 aromatic carbocycles. The third-order valence-electron chi connectivity index (χ3n) is 7.80. The fourth-order valence-electron chi connectivity index (χ4n) is 6.61. The summed E-state index contributed by atoms with van der Waals surface area (Å²) in [6.45, 7) is 6.54. The van der Waals surface area contributed by atoms with Crippen LogP contribution < -0.4 is 0 Å². The van der Waals surface area contributed by atoms with Gasteiger partial charge in [0.25, 0.3) is 0 Å². The molecule has 4 rings (SSSR count). The monoisotopic (exact) mass is 300 g/mol. The van der Waals surface area contributed by atoms with E-state index in [1.807, 2.05) is 0 Å². The summed E-state index contributed by atoms with van der Waals surface area (Å²) in [5.41, 5.74) is 0.766. The molecule has 0 bridgehead atoms. The number of rotatable bonds is 1. The van der Waals surface area contributed by atoms with E-state index in [-0.39, 0.29) is 5.78 Å². The first kappa shape index (κ1) is 14.7. The molecule has 4 aliphatic rings. The Bertz CT molecular complexity index is 548. The van der Waals surface area contributed by atoms with Crippen LogP contribution in [0, 0.1) is 29.1 Å². The molecule has 0 aliphatic heterocycles. The lowest BCUT2D eigenvalue weighted by Gasteiger charge is -2.56. The van der Waals surface area contributed by atoms with E-state index >= 15 is 0 Å². The standard InChI is InChI=1S/C20H28O2/c1-3-13-5-7-17-16-6-4-14-12-15(21)8-11-20(14,22)18(16)9-10-19(13,17)2/h3,12-13,16-18,22H,1,4-11H2,2H3/t13-,16?,17?,18?,19?,20+/m0/s1. The SMILES string of the molecule is C=C[C@H]1CCC2C3CCC4=CC(=O)CC[C@]4(O)C3CCC21C. The Labute approximate surface area is 133 Å². The van der Waals surface area contributed by atoms with Gasteiger partial charge in [0.15, 0.2) is 5.78 Å². The van der Waals surface area contributed by atoms with Crippen molar-refractivity contribution >= 4 is 5.78 Å². The van der Waals surface area contributed by atoms with Gasteiger partial charge in [-0.1, -0.05) is 13.0 Å². The molecular formula is C20H28O2. The largest absolute Gasteiger partial charge is 0.385 e. The smallest absolute Gasteiger partial charge is 0.155 e. The molecule has 2 nitrogen and oxygen atoms in total. The van der Waals surface area contributed by atoms with Crippen molar-refractivity contribution in [2.45, 2.75) is 63.9 Å². The first-order valence-corrected chi connectivity index (χ1v) is 9.08. The minimum atomic E-state index is -0.676. The van der Waals surface area contributed by atoms with E-state index in [1.54, 1.807) is 6.08 Å². The van der Waals surface area contributed by atoms with E-state index in [2.05, 4.69) is 19.6 Å². The fraction of sp³-hybridized carbons (Fsp3) is 0.750. The molecule has 4 unspecified atom stereocenters. The van der Waals surface area contributed by atoms with Crippen molar-refractivity contribution in [1.82, 2.24) is 0 Å². The number of hydrogen-bond acceptors (Lipinski definition) is 2. The number of aliphatic hydroxyl groups is 1. The average Bonchev–Trinajstić information content (AvgIpc) is 2.84. The zero-order valence-corrected chi connectivity index (χ0v) is 13.7. The number of carbonyl (C=O) groups is 1. The quantitative estimate of drug-likeness (QED) is 0.742. The molecular weight excluding hydrogens is 272 g/mol. The normalized spacial score (nSPS) is 50.6. The second kappa shape index (κ2) is 4.80. The Balaban J connectivity index is 1.68. The second-order valence-corrected chi connectivity index (χ2v) is 8.44. The Morgan fingerprint density at radius 3 is 2.77 bits per heavy atom. The molecule has 120 valence electrons. The first-order chi connectivity index (χ1) is 10.5. The van der Waals surface area contributed by atoms with Gasteiger partial charge in [-0.2, -0.15) is 0 Å². The molecule has 0 amide bonds. The topological polar surface area (TPSA) is 37.3 Å². The molecule has 6 atom stereocenters. The van der Waals surface area contributed by atoms with Crippen LogP contribution in [0.1, 0.15) is 58.3 Å². The van der Waals surface area contributed by atoms with Crippen LogP contribution >= 0.6 is 0 Å². The summed E-state index contributed by atoms with van der Waals surface area (Å²) in [5, 5.41) is 11.4. The summed E-state index contributed by atoms with van der Waals surface area (Å²) < 4.78 is 0. The Morgan fingerprint density at radius 1 is 1.18 bits per heavy atom. The number of fused-ring (bicyclic) bond motifs is 5. The minimum Gasteiger partial charge on any atom is -0.385 e. The first-order valence-electron chi connectivity index (χ1n) is 9.08. The van der Waals surface area contributed by atoms with Crippen molar-refractivity contribution in [2.75, 3.05) is 0 Å². The summed E-state index contributed by atoms with van der Waals surface area (Å²) in [6, 6.07) is 0. The van der Waals surface area contributed by atoms with Gasteiger partial charge < -0.3 is 5.11 Å². The lowest BCUT2D eigenvalue weighted by molar-refractivity contribution is -0.125. The molecule has 4 aliphatic carbocycles. The van der Waals surface area contributed by atoms with Crippen molar-refractivity contribution in [3.63, 3.8) is 0 Å². The van der Waals surface area contributed by atoms with Gasteiger partial charge in [-0.05, 0) is 85.7 Å². The number of allylic oxidation sites excluding steroid dienone is 1. The molecule has 1 N–H and O–H groups in total. The maximum absolute atomic E-state index is 11.7. The number of hydrogen-bond donors (Lipinski definition) is 1. The van der Waals surface area contributed by atoms with Crippen LogP contribution in [0.4, 0.5) is 0 Å². The summed E-state index contributed by atoms with van der Waals surface area (Å²) >= 11 is 0. The average molecular weight is 300 g/mol. The summed E-state index contributed by atoms with van der Waals surface area (Å²) in [4.78, 5) is 11.7. The van der Waals surface area contributed by atoms with Crippen LogP contribution in [-0.4, -0.2) is 16.5 Å². The zero-order chi connectivity index (χ0) is 15.5. The number of ketones is 1. The van der Waals surface area contributed by atoms with Crippen molar-refractivity contribution < 1.29 is 9.90 Å². The predicted molar refractivity (Wildman–Crippen MR) is 87.2 cm³/mol. The molecule has 2 heteroatoms. The molecule has 0 radical (unpaired) electrons. The van der Waals surface area contributed by atoms with Crippen LogP contribution in [0.25, 0.3) is 0 Å². The minimum absolute atomic E-state index is 0.214. The predicted octanol–water partition coefficient (Wildman–Crippen LogP) is 4.05. The third kappa shape index (κ3) is 1.79. The van der Waals surface area contributed by atoms with Crippen LogP contribution in [0.2, 0.25) is 0 Å². The highest BCUT2D eigenvalue weighted by Crippen LogP contribution is 2.64. The van der Waals surface area contributed by atoms with E-state index in [9.17, 15) is 9.90 Å². The van der Waals surface area contributed by atoms with Crippen molar-refractivity contribution in [1.29, 1.82) is 0 Å². The summed E-state index contributed by atoms with van der Waals surface area (Å²) in [6.07, 6.45) is 12.1. The molecule has 22 heavy (non-hydrogen) atoms. The summed E-state index contributed by atoms with van der Waals surface area (Å²) in [7, 11) is 0. The lowest BCUT2D eigenvalue weighted by atomic mass is 9.50. The highest BCUT2D eigenvalue weighted by Gasteiger charge is 2.59. The van der Waals surface area contributed by atoms with Crippen LogP contribution in [0.5, 0.6) is 0 Å². The van der Waals surface area contributed by atoms with Crippen LogP contribution in [0.15, 0.2) is 24.3 Å². The maximum atomic E-state index is 11.7. The zero-order valence-electron chi connectivity index (χ0n) is 13.7. The van der Waals surface area contributed by atoms with Crippen LogP contribution in [0.3, 0.4) is 0 Å². The lowest BCUT2D eigenvalue weighted by Crippen LogP contribution is -2.55. The molecule has 0 aromatic rings. The molecule has 0 saturated heterocycles. The molecule has 3 saturated carbocycles. The Morgan fingerprint density at radius 2 is 2.00 bits per heavy atom. The van der Waals surface area contributed by atoms with E-state index < -0.39 is 5.60 Å². The van der Waals surface area contributed by atoms with E-state index in [0.29, 0.717) is 36.0 Å². The summed E-state index contributed by atoms with van der Waals surface area (Å²) in [5.74, 6) is 2.61. The Hall–Kier alpha value is -0.890. The van der Waals surface area contributed by atoms with Gasteiger partial charge in [0.05, 0.1) is 5.60 Å². The van der Waals surface area contributed by atoms with Crippen molar-refractivity contribution in [2.24, 2.45) is 29.1 Å². The number of carbonyl (C=O) groups excluding carboxylic acids is 1. The van der Waals surface area contributed by atoms with Gasteiger partial charge in [-0.25, -0.2) is 0 Å². The van der Waals surface area contributed by atoms with Crippen LogP contribution in [-0.2, 0) is 4.79 Å². The fourth-order valence-corrected chi connectivity index (χ4v) is 6.61. The van der Waals surface area contributed by atoms with Gasteiger partial charge >= 0.3 is 0 Å². The highest BCUT2D eigenvalue weighted by molar-refractivity contribution is 5.92. The van der Waals surface area contributed by atoms with Gasteiger partial charge in [-0.15, -0.1) is 6.58 Å². The molecule has 0 aromatic heterocycles. The van der Waals surface area contributed by atoms with E-state index in [0.717, 1.165) is 30.8 Å². The van der Waals surface area contributed by atoms with Gasteiger partial charge in [0.2, 0.25) is 0 Å². The molecule has 0 heterocycles.